The third kappa shape index (κ3) is 2.27. The zero-order valence-corrected chi connectivity index (χ0v) is 12.2. The van der Waals surface area contributed by atoms with Crippen LogP contribution in [-0.2, 0) is 6.54 Å². The third-order valence-corrected chi connectivity index (χ3v) is 3.69. The second kappa shape index (κ2) is 5.20. The van der Waals surface area contributed by atoms with E-state index in [0.717, 1.165) is 41.0 Å². The van der Waals surface area contributed by atoms with Gasteiger partial charge < -0.3 is 10.3 Å². The summed E-state index contributed by atoms with van der Waals surface area (Å²) in [6, 6.07) is 10.5. The number of nitrogens with zero attached hydrogens (tertiary/aromatic N) is 2. The first-order chi connectivity index (χ1) is 10.1. The lowest BCUT2D eigenvalue weighted by Gasteiger charge is -2.12. The molecule has 0 aliphatic rings. The molecule has 2 N–H and O–H groups in total. The number of anilines is 1. The van der Waals surface area contributed by atoms with E-state index < -0.39 is 0 Å². The third-order valence-electron chi connectivity index (χ3n) is 3.69. The van der Waals surface area contributed by atoms with Crippen LogP contribution in [0.25, 0.3) is 22.4 Å². The van der Waals surface area contributed by atoms with Crippen molar-refractivity contribution in [3.05, 3.63) is 47.8 Å². The normalized spacial score (nSPS) is 11.2. The number of rotatable bonds is 3. The highest BCUT2D eigenvalue weighted by molar-refractivity contribution is 5.84. The van der Waals surface area contributed by atoms with E-state index in [1.54, 1.807) is 6.07 Å². The average molecular weight is 283 g/mol. The highest BCUT2D eigenvalue weighted by Crippen LogP contribution is 2.32. The first-order valence-corrected chi connectivity index (χ1v) is 7.13. The summed E-state index contributed by atoms with van der Waals surface area (Å²) >= 11 is 0. The largest absolute Gasteiger partial charge is 0.398 e. The second-order valence-corrected chi connectivity index (χ2v) is 5.26. The van der Waals surface area contributed by atoms with E-state index in [2.05, 4.69) is 16.5 Å². The van der Waals surface area contributed by atoms with Crippen molar-refractivity contribution in [2.45, 2.75) is 26.8 Å². The standard InChI is InChI=1S/C17H18FN3/c1-3-9-21-15-10-12(18)7-8-14(15)20-17(21)16-11(2)5-4-6-13(16)19/h4-8,10H,3,9,19H2,1-2H3. The zero-order valence-electron chi connectivity index (χ0n) is 12.2. The number of imidazole rings is 1. The summed E-state index contributed by atoms with van der Waals surface area (Å²) in [5, 5.41) is 0. The van der Waals surface area contributed by atoms with Crippen LogP contribution < -0.4 is 5.73 Å². The number of nitrogens with two attached hydrogens (primary N) is 1. The molecule has 1 heterocycles. The number of benzene rings is 2. The van der Waals surface area contributed by atoms with E-state index in [0.29, 0.717) is 5.69 Å². The molecule has 4 heteroatoms. The molecule has 0 aliphatic heterocycles. The lowest BCUT2D eigenvalue weighted by Crippen LogP contribution is -2.03. The molecule has 2 aromatic carbocycles. The van der Waals surface area contributed by atoms with E-state index in [-0.39, 0.29) is 5.82 Å². The average Bonchev–Trinajstić information content (AvgIpc) is 2.78. The van der Waals surface area contributed by atoms with Crippen LogP contribution in [0.1, 0.15) is 18.9 Å². The molecular weight excluding hydrogens is 265 g/mol. The molecule has 21 heavy (non-hydrogen) atoms. The van der Waals surface area contributed by atoms with Crippen LogP contribution in [0.5, 0.6) is 0 Å². The van der Waals surface area contributed by atoms with Crippen molar-refractivity contribution in [1.82, 2.24) is 9.55 Å². The molecule has 3 nitrogen and oxygen atoms in total. The van der Waals surface area contributed by atoms with Gasteiger partial charge in [-0.1, -0.05) is 19.1 Å². The summed E-state index contributed by atoms with van der Waals surface area (Å²) in [6.45, 7) is 4.89. The van der Waals surface area contributed by atoms with Crippen LogP contribution in [0.15, 0.2) is 36.4 Å². The van der Waals surface area contributed by atoms with Gasteiger partial charge in [-0.2, -0.15) is 0 Å². The van der Waals surface area contributed by atoms with Gasteiger partial charge in [0.2, 0.25) is 0 Å². The molecule has 0 radical (unpaired) electrons. The van der Waals surface area contributed by atoms with Crippen molar-refractivity contribution in [3.8, 4) is 11.4 Å². The number of aryl methyl sites for hydroxylation is 2. The monoisotopic (exact) mass is 283 g/mol. The molecule has 0 amide bonds. The summed E-state index contributed by atoms with van der Waals surface area (Å²) in [4.78, 5) is 4.68. The van der Waals surface area contributed by atoms with Crippen molar-refractivity contribution >= 4 is 16.7 Å². The lowest BCUT2D eigenvalue weighted by atomic mass is 10.1. The highest BCUT2D eigenvalue weighted by Gasteiger charge is 2.16. The van der Waals surface area contributed by atoms with Crippen molar-refractivity contribution in [3.63, 3.8) is 0 Å². The van der Waals surface area contributed by atoms with Crippen molar-refractivity contribution < 1.29 is 4.39 Å². The van der Waals surface area contributed by atoms with Gasteiger partial charge in [-0.25, -0.2) is 9.37 Å². The SMILES string of the molecule is CCCn1c(-c2c(C)cccc2N)nc2ccc(F)cc21. The molecule has 0 saturated heterocycles. The Balaban J connectivity index is 2.34. The maximum atomic E-state index is 13.6. The van der Waals surface area contributed by atoms with Gasteiger partial charge in [0.15, 0.2) is 0 Å². The van der Waals surface area contributed by atoms with Crippen molar-refractivity contribution in [2.75, 3.05) is 5.73 Å². The molecule has 108 valence electrons. The fraction of sp³-hybridized carbons (Fsp3) is 0.235. The van der Waals surface area contributed by atoms with Gasteiger partial charge in [-0.05, 0) is 43.2 Å². The number of hydrogen-bond acceptors (Lipinski definition) is 2. The lowest BCUT2D eigenvalue weighted by molar-refractivity contribution is 0.627. The smallest absolute Gasteiger partial charge is 0.143 e. The number of hydrogen-bond donors (Lipinski definition) is 1. The summed E-state index contributed by atoms with van der Waals surface area (Å²) in [7, 11) is 0. The molecule has 0 unspecified atom stereocenters. The molecule has 0 spiro atoms. The van der Waals surface area contributed by atoms with Crippen LogP contribution >= 0.6 is 0 Å². The van der Waals surface area contributed by atoms with Crippen LogP contribution in [0, 0.1) is 12.7 Å². The molecule has 0 saturated carbocycles. The Bertz CT molecular complexity index is 785. The van der Waals surface area contributed by atoms with Gasteiger partial charge in [-0.15, -0.1) is 0 Å². The second-order valence-electron chi connectivity index (χ2n) is 5.26. The molecule has 0 aliphatic carbocycles. The molecule has 0 bridgehead atoms. The van der Waals surface area contributed by atoms with Crippen LogP contribution in [0.3, 0.4) is 0 Å². The molecule has 0 atom stereocenters. The van der Waals surface area contributed by atoms with Gasteiger partial charge >= 0.3 is 0 Å². The van der Waals surface area contributed by atoms with E-state index >= 15 is 0 Å². The fourth-order valence-corrected chi connectivity index (χ4v) is 2.73. The van der Waals surface area contributed by atoms with E-state index in [1.165, 1.54) is 12.1 Å². The van der Waals surface area contributed by atoms with Gasteiger partial charge in [0.25, 0.3) is 0 Å². The summed E-state index contributed by atoms with van der Waals surface area (Å²) in [6.07, 6.45) is 0.945. The Morgan fingerprint density at radius 1 is 1.24 bits per heavy atom. The highest BCUT2D eigenvalue weighted by atomic mass is 19.1. The molecule has 3 aromatic rings. The molecule has 1 aromatic heterocycles. The van der Waals surface area contributed by atoms with Crippen molar-refractivity contribution in [2.24, 2.45) is 0 Å². The molecule has 0 fully saturated rings. The first kappa shape index (κ1) is 13.6. The summed E-state index contributed by atoms with van der Waals surface area (Å²) in [5.41, 5.74) is 10.5. The summed E-state index contributed by atoms with van der Waals surface area (Å²) in [5.74, 6) is 0.567. The Hall–Kier alpha value is -2.36. The number of fused-ring (bicyclic) bond motifs is 1. The van der Waals surface area contributed by atoms with Crippen LogP contribution in [0.4, 0.5) is 10.1 Å². The first-order valence-electron chi connectivity index (χ1n) is 7.13. The van der Waals surface area contributed by atoms with E-state index in [4.69, 9.17) is 5.73 Å². The zero-order chi connectivity index (χ0) is 15.0. The Labute approximate surface area is 123 Å². The van der Waals surface area contributed by atoms with E-state index in [9.17, 15) is 4.39 Å². The van der Waals surface area contributed by atoms with Gasteiger partial charge in [0.1, 0.15) is 11.6 Å². The minimum atomic E-state index is -0.246. The van der Waals surface area contributed by atoms with Crippen LogP contribution in [-0.4, -0.2) is 9.55 Å². The van der Waals surface area contributed by atoms with Gasteiger partial charge in [0.05, 0.1) is 11.0 Å². The molecule has 3 rings (SSSR count). The maximum absolute atomic E-state index is 13.6. The number of nitrogen functional groups attached to an aromatic ring is 1. The Kier molecular flexibility index (Phi) is 3.37. The predicted octanol–water partition coefficient (Wildman–Crippen LogP) is 4.14. The summed E-state index contributed by atoms with van der Waals surface area (Å²) < 4.78 is 15.6. The van der Waals surface area contributed by atoms with Gasteiger partial charge in [0, 0.05) is 17.8 Å². The minimum absolute atomic E-state index is 0.246. The van der Waals surface area contributed by atoms with E-state index in [1.807, 2.05) is 25.1 Å². The molecular formula is C17H18FN3. The Morgan fingerprint density at radius 3 is 2.76 bits per heavy atom. The maximum Gasteiger partial charge on any atom is 0.143 e. The fourth-order valence-electron chi connectivity index (χ4n) is 2.73. The number of aromatic nitrogens is 2. The quantitative estimate of drug-likeness (QED) is 0.734. The van der Waals surface area contributed by atoms with Crippen LogP contribution in [0.2, 0.25) is 0 Å². The van der Waals surface area contributed by atoms with Gasteiger partial charge in [-0.3, -0.25) is 0 Å². The predicted molar refractivity (Wildman–Crippen MR) is 84.6 cm³/mol. The number of halogens is 1. The van der Waals surface area contributed by atoms with Crippen molar-refractivity contribution in [1.29, 1.82) is 0 Å². The minimum Gasteiger partial charge on any atom is -0.398 e. The topological polar surface area (TPSA) is 43.8 Å². The Morgan fingerprint density at radius 2 is 2.05 bits per heavy atom.